The number of rotatable bonds is 4. The van der Waals surface area contributed by atoms with Crippen LogP contribution in [0.4, 0.5) is 5.82 Å². The van der Waals surface area contributed by atoms with Crippen LogP contribution in [0.25, 0.3) is 0 Å². The van der Waals surface area contributed by atoms with E-state index < -0.39 is 0 Å². The summed E-state index contributed by atoms with van der Waals surface area (Å²) in [5, 5.41) is 4.12. The molecule has 1 N–H and O–H groups in total. The zero-order valence-electron chi connectivity index (χ0n) is 10.8. The summed E-state index contributed by atoms with van der Waals surface area (Å²) in [5.74, 6) is 1.76. The summed E-state index contributed by atoms with van der Waals surface area (Å²) >= 11 is 1.64. The van der Waals surface area contributed by atoms with E-state index in [4.69, 9.17) is 0 Å². The van der Waals surface area contributed by atoms with Crippen LogP contribution in [-0.4, -0.2) is 22.0 Å². The van der Waals surface area contributed by atoms with Crippen molar-refractivity contribution in [2.75, 3.05) is 12.4 Å². The molecule has 0 saturated carbocycles. The summed E-state index contributed by atoms with van der Waals surface area (Å²) in [4.78, 5) is 14.2. The number of pyridine rings is 1. The fourth-order valence-electron chi connectivity index (χ4n) is 1.56. The van der Waals surface area contributed by atoms with Crippen LogP contribution < -0.4 is 5.32 Å². The quantitative estimate of drug-likeness (QED) is 0.857. The summed E-state index contributed by atoms with van der Waals surface area (Å²) < 4.78 is 0. The summed E-state index contributed by atoms with van der Waals surface area (Å²) in [6.07, 6.45) is 4.41. The van der Waals surface area contributed by atoms with Crippen molar-refractivity contribution in [3.63, 3.8) is 0 Å². The number of aromatic nitrogens is 3. The molecule has 0 atom stereocenters. The van der Waals surface area contributed by atoms with E-state index in [1.165, 1.54) is 0 Å². The van der Waals surface area contributed by atoms with Crippen LogP contribution in [0.3, 0.4) is 0 Å². The van der Waals surface area contributed by atoms with Crippen LogP contribution in [0.5, 0.6) is 0 Å². The Balaban J connectivity index is 2.37. The van der Waals surface area contributed by atoms with Gasteiger partial charge in [0.05, 0.1) is 0 Å². The molecule has 2 aromatic rings. The van der Waals surface area contributed by atoms with Gasteiger partial charge in [-0.1, -0.05) is 18.7 Å². The number of anilines is 1. The largest absolute Gasteiger partial charge is 0.373 e. The molecule has 0 aromatic carbocycles. The second-order valence-corrected chi connectivity index (χ2v) is 4.87. The number of nitrogens with one attached hydrogen (secondary N) is 1. The Hall–Kier alpha value is -1.62. The second kappa shape index (κ2) is 5.82. The van der Waals surface area contributed by atoms with Crippen molar-refractivity contribution in [2.24, 2.45) is 0 Å². The third-order valence-electron chi connectivity index (χ3n) is 2.56. The van der Waals surface area contributed by atoms with E-state index in [1.54, 1.807) is 24.2 Å². The van der Waals surface area contributed by atoms with E-state index in [0.717, 1.165) is 33.5 Å². The molecule has 0 saturated heterocycles. The van der Waals surface area contributed by atoms with Gasteiger partial charge in [-0.15, -0.1) is 0 Å². The van der Waals surface area contributed by atoms with E-state index in [2.05, 4.69) is 27.2 Å². The van der Waals surface area contributed by atoms with Crippen LogP contribution in [0, 0.1) is 6.92 Å². The Bertz CT molecular complexity index is 528. The molecule has 0 aliphatic heterocycles. The first-order valence-corrected chi connectivity index (χ1v) is 6.69. The molecule has 0 amide bonds. The summed E-state index contributed by atoms with van der Waals surface area (Å²) in [5.41, 5.74) is 1.08. The highest BCUT2D eigenvalue weighted by atomic mass is 32.2. The topological polar surface area (TPSA) is 50.7 Å². The average Bonchev–Trinajstić information content (AvgIpc) is 2.42. The maximum atomic E-state index is 4.59. The lowest BCUT2D eigenvalue weighted by Crippen LogP contribution is -2.04. The van der Waals surface area contributed by atoms with Crippen molar-refractivity contribution in [1.29, 1.82) is 0 Å². The molecule has 0 unspecified atom stereocenters. The van der Waals surface area contributed by atoms with Gasteiger partial charge in [-0.3, -0.25) is 4.98 Å². The molecule has 2 rings (SSSR count). The zero-order valence-corrected chi connectivity index (χ0v) is 11.6. The predicted octanol–water partition coefficient (Wildman–Crippen LogP) is 2.94. The molecule has 0 bridgehead atoms. The maximum Gasteiger partial charge on any atom is 0.133 e. The van der Waals surface area contributed by atoms with Crippen molar-refractivity contribution in [3.8, 4) is 0 Å². The van der Waals surface area contributed by atoms with E-state index in [0.29, 0.717) is 0 Å². The summed E-state index contributed by atoms with van der Waals surface area (Å²) in [6.45, 7) is 4.10. The van der Waals surface area contributed by atoms with Gasteiger partial charge in [0.25, 0.3) is 0 Å². The van der Waals surface area contributed by atoms with Crippen LogP contribution in [-0.2, 0) is 6.42 Å². The van der Waals surface area contributed by atoms with Gasteiger partial charge in [-0.25, -0.2) is 9.97 Å². The molecule has 2 aromatic heterocycles. The van der Waals surface area contributed by atoms with E-state index in [9.17, 15) is 0 Å². The summed E-state index contributed by atoms with van der Waals surface area (Å²) in [6, 6.07) is 3.97. The van der Waals surface area contributed by atoms with E-state index in [-0.39, 0.29) is 0 Å². The smallest absolute Gasteiger partial charge is 0.133 e. The predicted molar refractivity (Wildman–Crippen MR) is 74.1 cm³/mol. The van der Waals surface area contributed by atoms with Crippen LogP contribution in [0.1, 0.15) is 18.3 Å². The average molecular weight is 260 g/mol. The Morgan fingerprint density at radius 3 is 2.56 bits per heavy atom. The molecule has 0 spiro atoms. The second-order valence-electron chi connectivity index (χ2n) is 3.81. The molecule has 0 fully saturated rings. The Morgan fingerprint density at radius 2 is 1.94 bits per heavy atom. The number of nitrogens with zero attached hydrogens (tertiary/aromatic N) is 3. The molecule has 5 heteroatoms. The van der Waals surface area contributed by atoms with Crippen molar-refractivity contribution in [1.82, 2.24) is 15.0 Å². The SMILES string of the molecule is CCc1nc(NC)c(C)c(Sc2ccncc2)n1. The minimum absolute atomic E-state index is 0.832. The fraction of sp³-hybridized carbons (Fsp3) is 0.308. The van der Waals surface area contributed by atoms with Gasteiger partial charge < -0.3 is 5.32 Å². The lowest BCUT2D eigenvalue weighted by Gasteiger charge is -2.11. The molecule has 4 nitrogen and oxygen atoms in total. The molecular formula is C13H16N4S. The van der Waals surface area contributed by atoms with Gasteiger partial charge in [-0.2, -0.15) is 0 Å². The monoisotopic (exact) mass is 260 g/mol. The standard InChI is InChI=1S/C13H16N4S/c1-4-11-16-12(14-3)9(2)13(17-11)18-10-5-7-15-8-6-10/h5-8H,4H2,1-3H3,(H,14,16,17). The molecule has 0 aliphatic rings. The first-order chi connectivity index (χ1) is 8.74. The lowest BCUT2D eigenvalue weighted by molar-refractivity contribution is 0.874. The van der Waals surface area contributed by atoms with Crippen LogP contribution >= 0.6 is 11.8 Å². The van der Waals surface area contributed by atoms with Gasteiger partial charge in [-0.05, 0) is 19.1 Å². The molecule has 0 aliphatic carbocycles. The van der Waals surface area contributed by atoms with E-state index in [1.807, 2.05) is 26.1 Å². The van der Waals surface area contributed by atoms with Gasteiger partial charge in [0.1, 0.15) is 16.7 Å². The van der Waals surface area contributed by atoms with Gasteiger partial charge >= 0.3 is 0 Å². The van der Waals surface area contributed by atoms with Crippen molar-refractivity contribution in [2.45, 2.75) is 30.2 Å². The van der Waals surface area contributed by atoms with Crippen LogP contribution in [0.2, 0.25) is 0 Å². The van der Waals surface area contributed by atoms with Gasteiger partial charge in [0.2, 0.25) is 0 Å². The number of aryl methyl sites for hydroxylation is 1. The first kappa shape index (κ1) is 12.8. The third kappa shape index (κ3) is 2.79. The lowest BCUT2D eigenvalue weighted by atomic mass is 10.3. The summed E-state index contributed by atoms with van der Waals surface area (Å²) in [7, 11) is 1.88. The first-order valence-electron chi connectivity index (χ1n) is 5.87. The van der Waals surface area contributed by atoms with Crippen molar-refractivity contribution < 1.29 is 0 Å². The fourth-order valence-corrected chi connectivity index (χ4v) is 2.44. The highest BCUT2D eigenvalue weighted by Crippen LogP contribution is 2.30. The minimum atomic E-state index is 0.832. The van der Waals surface area contributed by atoms with Crippen molar-refractivity contribution in [3.05, 3.63) is 35.9 Å². The van der Waals surface area contributed by atoms with E-state index >= 15 is 0 Å². The van der Waals surface area contributed by atoms with Gasteiger partial charge in [0.15, 0.2) is 0 Å². The third-order valence-corrected chi connectivity index (χ3v) is 3.66. The highest BCUT2D eigenvalue weighted by Gasteiger charge is 2.10. The zero-order chi connectivity index (χ0) is 13.0. The molecule has 18 heavy (non-hydrogen) atoms. The molecule has 94 valence electrons. The maximum absolute atomic E-state index is 4.59. The number of hydrogen-bond donors (Lipinski definition) is 1. The molecule has 0 radical (unpaired) electrons. The highest BCUT2D eigenvalue weighted by molar-refractivity contribution is 7.99. The molecule has 2 heterocycles. The van der Waals surface area contributed by atoms with Gasteiger partial charge in [0, 0.05) is 36.3 Å². The number of hydrogen-bond acceptors (Lipinski definition) is 5. The van der Waals surface area contributed by atoms with Crippen LogP contribution in [0.15, 0.2) is 34.4 Å². The minimum Gasteiger partial charge on any atom is -0.373 e. The Morgan fingerprint density at radius 1 is 1.22 bits per heavy atom. The molecular weight excluding hydrogens is 244 g/mol. The Kier molecular flexibility index (Phi) is 4.15. The van der Waals surface area contributed by atoms with Crippen molar-refractivity contribution >= 4 is 17.6 Å². The Labute approximate surface area is 111 Å². The normalized spacial score (nSPS) is 10.4.